The molecule has 0 aliphatic carbocycles. The van der Waals surface area contributed by atoms with Crippen molar-refractivity contribution in [1.82, 2.24) is 14.8 Å². The molecule has 3 rings (SSSR count). The second-order valence-corrected chi connectivity index (χ2v) is 9.47. The van der Waals surface area contributed by atoms with Crippen LogP contribution in [0.2, 0.25) is 0 Å². The van der Waals surface area contributed by atoms with Gasteiger partial charge in [-0.3, -0.25) is 4.79 Å². The zero-order valence-electron chi connectivity index (χ0n) is 17.2. The van der Waals surface area contributed by atoms with E-state index in [0.717, 1.165) is 33.8 Å². The second kappa shape index (κ2) is 7.99. The van der Waals surface area contributed by atoms with E-state index in [2.05, 4.69) is 12.2 Å². The molecule has 0 radical (unpaired) electrons. The number of aromatic nitrogens is 1. The normalized spacial score (nSPS) is 15.5. The smallest absolute Gasteiger partial charge is 0.407 e. The van der Waals surface area contributed by atoms with Crippen molar-refractivity contribution in [2.24, 2.45) is 0 Å². The van der Waals surface area contributed by atoms with Gasteiger partial charge in [-0.25, -0.2) is 4.79 Å². The minimum Gasteiger partial charge on any atom is -0.444 e. The van der Waals surface area contributed by atoms with Crippen LogP contribution in [0.1, 0.15) is 54.4 Å². The fourth-order valence-electron chi connectivity index (χ4n) is 3.37. The summed E-state index contributed by atoms with van der Waals surface area (Å²) < 4.78 is 7.34. The number of aryl methyl sites for hydroxylation is 1. The van der Waals surface area contributed by atoms with Crippen LogP contribution in [0, 0.1) is 13.8 Å². The number of carbonyl (C=O) groups is 2. The van der Waals surface area contributed by atoms with Crippen LogP contribution < -0.4 is 5.32 Å². The van der Waals surface area contributed by atoms with Gasteiger partial charge in [0, 0.05) is 36.4 Å². The highest BCUT2D eigenvalue weighted by molar-refractivity contribution is 7.15. The average Bonchev–Trinajstić information content (AvgIpc) is 3.22. The highest BCUT2D eigenvalue weighted by Gasteiger charge is 2.29. The van der Waals surface area contributed by atoms with Crippen molar-refractivity contribution >= 4 is 23.3 Å². The predicted molar refractivity (Wildman–Crippen MR) is 111 cm³/mol. The molecule has 2 amide bonds. The number of hydrogen-bond acceptors (Lipinski definition) is 4. The van der Waals surface area contributed by atoms with Gasteiger partial charge in [0.15, 0.2) is 0 Å². The molecule has 1 N–H and O–H groups in total. The number of hydrogen-bond donors (Lipinski definition) is 1. The van der Waals surface area contributed by atoms with Crippen molar-refractivity contribution in [3.63, 3.8) is 0 Å². The number of rotatable bonds is 3. The first-order chi connectivity index (χ1) is 13.2. The second-order valence-electron chi connectivity index (χ2n) is 8.27. The Morgan fingerprint density at radius 2 is 1.75 bits per heavy atom. The third-order valence-electron chi connectivity index (χ3n) is 4.92. The maximum atomic E-state index is 13.3. The van der Waals surface area contributed by atoms with Gasteiger partial charge in [-0.2, -0.15) is 0 Å². The minimum atomic E-state index is -0.510. The summed E-state index contributed by atoms with van der Waals surface area (Å²) in [5.74, 6) is 0.0706. The van der Waals surface area contributed by atoms with Gasteiger partial charge >= 0.3 is 6.09 Å². The van der Waals surface area contributed by atoms with E-state index < -0.39 is 11.7 Å². The largest absolute Gasteiger partial charge is 0.444 e. The lowest BCUT2D eigenvalue weighted by molar-refractivity contribution is 0.0473. The molecular formula is C21H29N3O3S. The Labute approximate surface area is 170 Å². The number of likely N-dealkylation sites (tertiary alicyclic amines) is 1. The van der Waals surface area contributed by atoms with Crippen LogP contribution in [-0.2, 0) is 4.74 Å². The highest BCUT2D eigenvalue weighted by Crippen LogP contribution is 2.32. The molecule has 0 unspecified atom stereocenters. The molecule has 0 saturated carbocycles. The number of thiophene rings is 1. The summed E-state index contributed by atoms with van der Waals surface area (Å²) in [6.07, 6.45) is 5.01. The summed E-state index contributed by atoms with van der Waals surface area (Å²) >= 11 is 1.65. The Morgan fingerprint density at radius 3 is 2.32 bits per heavy atom. The number of alkyl carbamates (subject to hydrolysis) is 1. The lowest BCUT2D eigenvalue weighted by Crippen LogP contribution is -2.47. The fraction of sp³-hybridized carbons (Fsp3) is 0.524. The first-order valence-electron chi connectivity index (χ1n) is 9.68. The van der Waals surface area contributed by atoms with E-state index >= 15 is 0 Å². The molecule has 0 spiro atoms. The number of nitrogens with zero attached hydrogens (tertiary/aromatic N) is 2. The maximum Gasteiger partial charge on any atom is 0.407 e. The van der Waals surface area contributed by atoms with Gasteiger partial charge in [0.1, 0.15) is 10.6 Å². The van der Waals surface area contributed by atoms with E-state index in [4.69, 9.17) is 4.74 Å². The zero-order chi connectivity index (χ0) is 20.5. The summed E-state index contributed by atoms with van der Waals surface area (Å²) in [5, 5.41) is 3.89. The summed E-state index contributed by atoms with van der Waals surface area (Å²) in [7, 11) is 0. The van der Waals surface area contributed by atoms with Crippen molar-refractivity contribution in [3.8, 4) is 5.00 Å². The zero-order valence-corrected chi connectivity index (χ0v) is 18.1. The monoisotopic (exact) mass is 403 g/mol. The van der Waals surface area contributed by atoms with Crippen molar-refractivity contribution < 1.29 is 14.3 Å². The minimum absolute atomic E-state index is 0.0353. The molecule has 3 heterocycles. The molecular weight excluding hydrogens is 374 g/mol. The Bertz CT molecular complexity index is 841. The molecule has 0 atom stereocenters. The molecule has 1 aliphatic rings. The quantitative estimate of drug-likeness (QED) is 0.832. The van der Waals surface area contributed by atoms with E-state index in [1.54, 1.807) is 11.3 Å². The topological polar surface area (TPSA) is 63.6 Å². The van der Waals surface area contributed by atoms with E-state index in [9.17, 15) is 9.59 Å². The first kappa shape index (κ1) is 20.5. The third-order valence-corrected chi connectivity index (χ3v) is 6.14. The van der Waals surface area contributed by atoms with Crippen LogP contribution >= 0.6 is 11.3 Å². The summed E-state index contributed by atoms with van der Waals surface area (Å²) in [6, 6.07) is 3.96. The lowest BCUT2D eigenvalue weighted by Gasteiger charge is -2.33. The van der Waals surface area contributed by atoms with E-state index in [1.165, 1.54) is 0 Å². The van der Waals surface area contributed by atoms with Crippen molar-refractivity contribution in [3.05, 3.63) is 40.5 Å². The lowest BCUT2D eigenvalue weighted by atomic mass is 10.0. The molecule has 6 nitrogen and oxygen atoms in total. The Morgan fingerprint density at radius 1 is 1.14 bits per heavy atom. The molecule has 0 bridgehead atoms. The van der Waals surface area contributed by atoms with Crippen LogP contribution in [-0.4, -0.2) is 46.2 Å². The molecule has 1 aliphatic heterocycles. The Hall–Kier alpha value is -2.28. The van der Waals surface area contributed by atoms with Crippen LogP contribution in [0.5, 0.6) is 0 Å². The van der Waals surface area contributed by atoms with E-state index in [1.807, 2.05) is 61.7 Å². The summed E-state index contributed by atoms with van der Waals surface area (Å²) in [5.41, 5.74) is 1.33. The van der Waals surface area contributed by atoms with Gasteiger partial charge in [0.05, 0.1) is 5.56 Å². The summed E-state index contributed by atoms with van der Waals surface area (Å²) in [4.78, 5) is 28.3. The highest BCUT2D eigenvalue weighted by atomic mass is 32.1. The Balaban J connectivity index is 1.66. The standard InChI is InChI=1S/C21H29N3O3S/c1-14-15(2)28-19(24-10-6-7-11-24)17(14)18(25)23-12-8-16(9-13-23)22-20(26)27-21(3,4)5/h6-7,10-11,16H,8-9,12-13H2,1-5H3,(H,22,26). The number of amides is 2. The average molecular weight is 404 g/mol. The molecule has 2 aromatic rings. The first-order valence-corrected chi connectivity index (χ1v) is 10.5. The van der Waals surface area contributed by atoms with E-state index in [-0.39, 0.29) is 11.9 Å². The Kier molecular flexibility index (Phi) is 5.84. The summed E-state index contributed by atoms with van der Waals surface area (Å²) in [6.45, 7) is 10.9. The number of piperidine rings is 1. The van der Waals surface area contributed by atoms with Crippen molar-refractivity contribution in [2.45, 2.75) is 59.1 Å². The number of ether oxygens (including phenoxy) is 1. The number of nitrogens with one attached hydrogen (secondary N) is 1. The molecule has 28 heavy (non-hydrogen) atoms. The van der Waals surface area contributed by atoms with Gasteiger partial charge in [-0.1, -0.05) is 0 Å². The van der Waals surface area contributed by atoms with Crippen molar-refractivity contribution in [2.75, 3.05) is 13.1 Å². The predicted octanol–water partition coefficient (Wildman–Crippen LogP) is 4.28. The van der Waals surface area contributed by atoms with E-state index in [0.29, 0.717) is 13.1 Å². The fourth-order valence-corrected chi connectivity index (χ4v) is 4.49. The molecule has 1 fully saturated rings. The van der Waals surface area contributed by atoms with Crippen LogP contribution in [0.4, 0.5) is 4.79 Å². The molecule has 7 heteroatoms. The van der Waals surface area contributed by atoms with Gasteiger partial charge in [-0.15, -0.1) is 11.3 Å². The van der Waals surface area contributed by atoms with Crippen LogP contribution in [0.3, 0.4) is 0 Å². The van der Waals surface area contributed by atoms with Crippen LogP contribution in [0.15, 0.2) is 24.5 Å². The van der Waals surface area contributed by atoms with Gasteiger partial charge in [0.2, 0.25) is 0 Å². The molecule has 2 aromatic heterocycles. The maximum absolute atomic E-state index is 13.3. The van der Waals surface area contributed by atoms with Crippen molar-refractivity contribution in [1.29, 1.82) is 0 Å². The van der Waals surface area contributed by atoms with Crippen LogP contribution in [0.25, 0.3) is 5.00 Å². The van der Waals surface area contributed by atoms with Gasteiger partial charge in [0.25, 0.3) is 5.91 Å². The molecule has 152 valence electrons. The SMILES string of the molecule is Cc1sc(-n2cccc2)c(C(=O)N2CCC(NC(=O)OC(C)(C)C)CC2)c1C. The van der Waals surface area contributed by atoms with Gasteiger partial charge < -0.3 is 19.5 Å². The third kappa shape index (κ3) is 4.58. The molecule has 1 saturated heterocycles. The van der Waals surface area contributed by atoms with Gasteiger partial charge in [-0.05, 0) is 65.2 Å². The molecule has 0 aromatic carbocycles. The number of carbonyl (C=O) groups excluding carboxylic acids is 2.